The molecule has 1 N–H and O–H groups in total. The van der Waals surface area contributed by atoms with Crippen LogP contribution in [0.1, 0.15) is 6.42 Å². The van der Waals surface area contributed by atoms with E-state index in [1.54, 1.807) is 6.07 Å². The number of likely N-dealkylation sites (N-methyl/N-ethyl adjacent to an activating group) is 1. The predicted octanol–water partition coefficient (Wildman–Crippen LogP) is -0.346. The molecule has 0 spiro atoms. The Bertz CT molecular complexity index is 463. The maximum Gasteiger partial charge on any atom is 0.252 e. The summed E-state index contributed by atoms with van der Waals surface area (Å²) >= 11 is 0. The molecule has 1 aliphatic heterocycles. The molecule has 1 aromatic rings. The number of methoxy groups -OCH3 is 1. The maximum atomic E-state index is 11.6. The number of ether oxygens (including phenoxy) is 1. The summed E-state index contributed by atoms with van der Waals surface area (Å²) in [4.78, 5) is 32.0. The van der Waals surface area contributed by atoms with Gasteiger partial charge in [-0.1, -0.05) is 0 Å². The van der Waals surface area contributed by atoms with Gasteiger partial charge in [-0.2, -0.15) is 4.98 Å². The zero-order chi connectivity index (χ0) is 12.4. The van der Waals surface area contributed by atoms with Crippen molar-refractivity contribution in [3.05, 3.63) is 12.3 Å². The lowest BCUT2D eigenvalue weighted by atomic mass is 10.2. The Labute approximate surface area is 97.8 Å². The molecule has 17 heavy (non-hydrogen) atoms. The van der Waals surface area contributed by atoms with Crippen molar-refractivity contribution in [3.63, 3.8) is 0 Å². The van der Waals surface area contributed by atoms with Crippen LogP contribution in [-0.4, -0.2) is 46.9 Å². The minimum atomic E-state index is -0.598. The fourth-order valence-corrected chi connectivity index (χ4v) is 1.55. The van der Waals surface area contributed by atoms with E-state index >= 15 is 0 Å². The Morgan fingerprint density at radius 1 is 1.53 bits per heavy atom. The zero-order valence-corrected chi connectivity index (χ0v) is 9.51. The summed E-state index contributed by atoms with van der Waals surface area (Å²) < 4.78 is 4.94. The Morgan fingerprint density at radius 3 is 2.88 bits per heavy atom. The van der Waals surface area contributed by atoms with E-state index in [-0.39, 0.29) is 24.2 Å². The van der Waals surface area contributed by atoms with Gasteiger partial charge in [-0.25, -0.2) is 4.98 Å². The van der Waals surface area contributed by atoms with Crippen molar-refractivity contribution in [2.24, 2.45) is 0 Å². The van der Waals surface area contributed by atoms with Crippen LogP contribution in [0.15, 0.2) is 12.3 Å². The van der Waals surface area contributed by atoms with E-state index in [1.165, 1.54) is 20.4 Å². The predicted molar refractivity (Wildman–Crippen MR) is 58.4 cm³/mol. The van der Waals surface area contributed by atoms with Crippen LogP contribution in [0.4, 0.5) is 5.95 Å². The van der Waals surface area contributed by atoms with E-state index in [0.717, 1.165) is 4.90 Å². The smallest absolute Gasteiger partial charge is 0.252 e. The summed E-state index contributed by atoms with van der Waals surface area (Å²) in [5.74, 6) is 0.176. The molecule has 1 fully saturated rings. The molecule has 2 amide bonds. The zero-order valence-electron chi connectivity index (χ0n) is 9.51. The van der Waals surface area contributed by atoms with Crippen molar-refractivity contribution in [2.75, 3.05) is 19.5 Å². The van der Waals surface area contributed by atoms with Crippen molar-refractivity contribution in [1.29, 1.82) is 0 Å². The SMILES string of the molecule is COc1ccnc(NC2CC(=O)N(C)C2=O)n1. The van der Waals surface area contributed by atoms with Gasteiger partial charge in [-0.05, 0) is 0 Å². The molecule has 7 heteroatoms. The van der Waals surface area contributed by atoms with Crippen LogP contribution in [0.2, 0.25) is 0 Å². The van der Waals surface area contributed by atoms with E-state index in [9.17, 15) is 9.59 Å². The Morgan fingerprint density at radius 2 is 2.29 bits per heavy atom. The largest absolute Gasteiger partial charge is 0.481 e. The highest BCUT2D eigenvalue weighted by molar-refractivity contribution is 6.06. The standard InChI is InChI=1S/C10H12N4O3/c1-14-8(15)5-6(9(14)16)12-10-11-4-3-7(13-10)17-2/h3-4,6H,5H2,1-2H3,(H,11,12,13). The van der Waals surface area contributed by atoms with E-state index < -0.39 is 6.04 Å². The van der Waals surface area contributed by atoms with E-state index in [2.05, 4.69) is 15.3 Å². The number of imide groups is 1. The Hall–Kier alpha value is -2.18. The molecule has 0 radical (unpaired) electrons. The molecule has 90 valence electrons. The van der Waals surface area contributed by atoms with Gasteiger partial charge in [0.2, 0.25) is 17.7 Å². The Balaban J connectivity index is 2.11. The van der Waals surface area contributed by atoms with Gasteiger partial charge < -0.3 is 10.1 Å². The lowest BCUT2D eigenvalue weighted by Crippen LogP contribution is -2.32. The van der Waals surface area contributed by atoms with Gasteiger partial charge >= 0.3 is 0 Å². The number of hydrogen-bond acceptors (Lipinski definition) is 6. The number of anilines is 1. The highest BCUT2D eigenvalue weighted by Crippen LogP contribution is 2.15. The molecule has 2 heterocycles. The normalized spacial score (nSPS) is 19.6. The van der Waals surface area contributed by atoms with Gasteiger partial charge in [0.05, 0.1) is 13.5 Å². The number of nitrogens with one attached hydrogen (secondary N) is 1. The summed E-state index contributed by atoms with van der Waals surface area (Å²) in [6.45, 7) is 0. The fourth-order valence-electron chi connectivity index (χ4n) is 1.55. The number of carbonyl (C=O) groups is 2. The molecule has 1 aromatic heterocycles. The quantitative estimate of drug-likeness (QED) is 0.722. The van der Waals surface area contributed by atoms with Crippen LogP contribution in [-0.2, 0) is 9.59 Å². The lowest BCUT2D eigenvalue weighted by molar-refractivity contribution is -0.136. The summed E-state index contributed by atoms with van der Waals surface area (Å²) in [6.07, 6.45) is 1.63. The van der Waals surface area contributed by atoms with Crippen molar-refractivity contribution < 1.29 is 14.3 Å². The van der Waals surface area contributed by atoms with Crippen LogP contribution in [0, 0.1) is 0 Å². The molecule has 2 rings (SSSR count). The molecule has 1 atom stereocenters. The van der Waals surface area contributed by atoms with Gasteiger partial charge in [0.25, 0.3) is 5.91 Å². The summed E-state index contributed by atoms with van der Waals surface area (Å²) in [5.41, 5.74) is 0. The van der Waals surface area contributed by atoms with Crippen LogP contribution < -0.4 is 10.1 Å². The first-order valence-corrected chi connectivity index (χ1v) is 5.06. The van der Waals surface area contributed by atoms with Crippen molar-refractivity contribution >= 4 is 17.8 Å². The number of aromatic nitrogens is 2. The number of likely N-dealkylation sites (tertiary alicyclic amines) is 1. The maximum absolute atomic E-state index is 11.6. The average molecular weight is 236 g/mol. The molecule has 1 unspecified atom stereocenters. The fraction of sp³-hybridized carbons (Fsp3) is 0.400. The molecular weight excluding hydrogens is 224 g/mol. The van der Waals surface area contributed by atoms with Gasteiger partial charge in [-0.3, -0.25) is 14.5 Å². The second kappa shape index (κ2) is 4.36. The van der Waals surface area contributed by atoms with Crippen molar-refractivity contribution in [1.82, 2.24) is 14.9 Å². The van der Waals surface area contributed by atoms with E-state index in [0.29, 0.717) is 5.88 Å². The van der Waals surface area contributed by atoms with E-state index in [1.807, 2.05) is 0 Å². The van der Waals surface area contributed by atoms with Crippen LogP contribution in [0.5, 0.6) is 5.88 Å². The second-order valence-electron chi connectivity index (χ2n) is 3.61. The van der Waals surface area contributed by atoms with Gasteiger partial charge in [-0.15, -0.1) is 0 Å². The van der Waals surface area contributed by atoms with Gasteiger partial charge in [0.1, 0.15) is 6.04 Å². The number of amides is 2. The van der Waals surface area contributed by atoms with Crippen LogP contribution in [0.25, 0.3) is 0 Å². The molecule has 0 aromatic carbocycles. The summed E-state index contributed by atoms with van der Waals surface area (Å²) in [5, 5.41) is 2.81. The lowest BCUT2D eigenvalue weighted by Gasteiger charge is -2.10. The molecule has 0 bridgehead atoms. The molecule has 1 aliphatic rings. The van der Waals surface area contributed by atoms with Crippen LogP contribution in [0.3, 0.4) is 0 Å². The first kappa shape index (κ1) is 11.3. The van der Waals surface area contributed by atoms with Crippen molar-refractivity contribution in [3.8, 4) is 5.88 Å². The van der Waals surface area contributed by atoms with Gasteiger partial charge in [0.15, 0.2) is 0 Å². The molecule has 1 saturated heterocycles. The third kappa shape index (κ3) is 2.17. The molecule has 7 nitrogen and oxygen atoms in total. The minimum absolute atomic E-state index is 0.121. The minimum Gasteiger partial charge on any atom is -0.481 e. The molecule has 0 aliphatic carbocycles. The second-order valence-corrected chi connectivity index (χ2v) is 3.61. The summed E-state index contributed by atoms with van der Waals surface area (Å²) in [7, 11) is 2.95. The highest BCUT2D eigenvalue weighted by Gasteiger charge is 2.36. The number of hydrogen-bond donors (Lipinski definition) is 1. The third-order valence-corrected chi connectivity index (χ3v) is 2.52. The number of carbonyl (C=O) groups excluding carboxylic acids is 2. The van der Waals surface area contributed by atoms with Crippen LogP contribution >= 0.6 is 0 Å². The van der Waals surface area contributed by atoms with E-state index in [4.69, 9.17) is 4.74 Å². The summed E-state index contributed by atoms with van der Waals surface area (Å²) in [6, 6.07) is 0.999. The molecule has 0 saturated carbocycles. The first-order valence-electron chi connectivity index (χ1n) is 5.06. The topological polar surface area (TPSA) is 84.4 Å². The van der Waals surface area contributed by atoms with Crippen molar-refractivity contribution in [2.45, 2.75) is 12.5 Å². The highest BCUT2D eigenvalue weighted by atomic mass is 16.5. The number of nitrogens with zero attached hydrogens (tertiary/aromatic N) is 3. The first-order chi connectivity index (χ1) is 8.11. The molecular formula is C10H12N4O3. The van der Waals surface area contributed by atoms with Gasteiger partial charge in [0, 0.05) is 19.3 Å². The number of rotatable bonds is 3. The Kier molecular flexibility index (Phi) is 2.90. The monoisotopic (exact) mass is 236 g/mol. The third-order valence-electron chi connectivity index (χ3n) is 2.52. The average Bonchev–Trinajstić information content (AvgIpc) is 2.57.